The van der Waals surface area contributed by atoms with Crippen LogP contribution in [0.2, 0.25) is 0 Å². The molecule has 0 atom stereocenters. The number of pyridine rings is 1. The normalized spacial score (nSPS) is 10.4. The van der Waals surface area contributed by atoms with Gasteiger partial charge in [0, 0.05) is 18.0 Å². The number of hydrogen-bond donors (Lipinski definition) is 1. The first-order valence-electron chi connectivity index (χ1n) is 8.71. The predicted molar refractivity (Wildman–Crippen MR) is 103 cm³/mol. The van der Waals surface area contributed by atoms with E-state index in [1.165, 1.54) is 6.20 Å². The summed E-state index contributed by atoms with van der Waals surface area (Å²) in [6.45, 7) is 0.246. The van der Waals surface area contributed by atoms with Crippen molar-refractivity contribution in [2.75, 3.05) is 0 Å². The molecule has 1 amide bonds. The number of benzene rings is 2. The van der Waals surface area contributed by atoms with E-state index in [9.17, 15) is 4.79 Å². The molecule has 0 saturated heterocycles. The number of hydrogen-bond acceptors (Lipinski definition) is 5. The van der Waals surface area contributed by atoms with Crippen molar-refractivity contribution in [2.45, 2.75) is 6.54 Å². The minimum absolute atomic E-state index is 0.246. The molecule has 4 aromatic rings. The van der Waals surface area contributed by atoms with Crippen LogP contribution in [0.1, 0.15) is 16.2 Å². The summed E-state index contributed by atoms with van der Waals surface area (Å²) >= 11 is 0. The monoisotopic (exact) mass is 371 g/mol. The standard InChI is InChI=1S/C21H17N5O2/c27-21(16-11-12-20(22-13-16)28-18-9-5-2-6-10-18)23-14-19-25-24-15-26(19)17-7-3-1-4-8-17/h1-13,15H,14H2,(H,23,27). The molecule has 2 heterocycles. The van der Waals surface area contributed by atoms with Crippen LogP contribution in [0.4, 0.5) is 0 Å². The SMILES string of the molecule is O=C(NCc1nncn1-c1ccccc1)c1ccc(Oc2ccccc2)nc1. The van der Waals surface area contributed by atoms with Crippen LogP contribution in [0.25, 0.3) is 5.69 Å². The smallest absolute Gasteiger partial charge is 0.253 e. The average Bonchev–Trinajstić information content (AvgIpc) is 3.23. The lowest BCUT2D eigenvalue weighted by atomic mass is 10.2. The zero-order chi connectivity index (χ0) is 19.2. The van der Waals surface area contributed by atoms with Crippen molar-refractivity contribution >= 4 is 5.91 Å². The van der Waals surface area contributed by atoms with Gasteiger partial charge in [-0.15, -0.1) is 10.2 Å². The van der Waals surface area contributed by atoms with Gasteiger partial charge in [-0.2, -0.15) is 0 Å². The Morgan fingerprint density at radius 3 is 2.43 bits per heavy atom. The molecule has 0 aliphatic rings. The average molecular weight is 371 g/mol. The molecule has 0 radical (unpaired) electrons. The van der Waals surface area contributed by atoms with E-state index in [-0.39, 0.29) is 12.5 Å². The topological polar surface area (TPSA) is 81.9 Å². The van der Waals surface area contributed by atoms with Gasteiger partial charge in [-0.3, -0.25) is 9.36 Å². The van der Waals surface area contributed by atoms with Crippen LogP contribution in [-0.2, 0) is 6.54 Å². The van der Waals surface area contributed by atoms with Gasteiger partial charge in [0.05, 0.1) is 12.1 Å². The van der Waals surface area contributed by atoms with E-state index >= 15 is 0 Å². The van der Waals surface area contributed by atoms with E-state index in [2.05, 4.69) is 20.5 Å². The van der Waals surface area contributed by atoms with Crippen molar-refractivity contribution in [1.82, 2.24) is 25.1 Å². The number of nitrogens with one attached hydrogen (secondary N) is 1. The maximum atomic E-state index is 12.4. The molecule has 0 saturated carbocycles. The summed E-state index contributed by atoms with van der Waals surface area (Å²) in [7, 11) is 0. The number of nitrogens with zero attached hydrogens (tertiary/aromatic N) is 4. The lowest BCUT2D eigenvalue weighted by Crippen LogP contribution is -2.24. The number of rotatable bonds is 6. The van der Waals surface area contributed by atoms with E-state index < -0.39 is 0 Å². The summed E-state index contributed by atoms with van der Waals surface area (Å²) in [6, 6.07) is 22.4. The Morgan fingerprint density at radius 2 is 1.71 bits per heavy atom. The van der Waals surface area contributed by atoms with Gasteiger partial charge in [0.1, 0.15) is 12.1 Å². The fraction of sp³-hybridized carbons (Fsp3) is 0.0476. The molecule has 138 valence electrons. The van der Waals surface area contributed by atoms with Crippen LogP contribution >= 0.6 is 0 Å². The third kappa shape index (κ3) is 4.04. The summed E-state index contributed by atoms with van der Waals surface area (Å²) in [4.78, 5) is 16.6. The summed E-state index contributed by atoms with van der Waals surface area (Å²) < 4.78 is 7.46. The van der Waals surface area contributed by atoms with Crippen molar-refractivity contribution < 1.29 is 9.53 Å². The van der Waals surface area contributed by atoms with Gasteiger partial charge in [0.15, 0.2) is 5.82 Å². The van der Waals surface area contributed by atoms with Crippen molar-refractivity contribution in [3.8, 4) is 17.3 Å². The molecule has 7 nitrogen and oxygen atoms in total. The van der Waals surface area contributed by atoms with Crippen LogP contribution in [0.5, 0.6) is 11.6 Å². The highest BCUT2D eigenvalue weighted by atomic mass is 16.5. The third-order valence-electron chi connectivity index (χ3n) is 4.02. The van der Waals surface area contributed by atoms with Gasteiger partial charge >= 0.3 is 0 Å². The number of para-hydroxylation sites is 2. The van der Waals surface area contributed by atoms with Gasteiger partial charge in [-0.05, 0) is 30.3 Å². The maximum absolute atomic E-state index is 12.4. The zero-order valence-corrected chi connectivity index (χ0v) is 14.9. The number of aromatic nitrogens is 4. The Kier molecular flexibility index (Phi) is 5.06. The Bertz CT molecular complexity index is 1050. The molecule has 2 aromatic heterocycles. The maximum Gasteiger partial charge on any atom is 0.253 e. The molecule has 7 heteroatoms. The molecule has 0 fully saturated rings. The van der Waals surface area contributed by atoms with E-state index in [0.29, 0.717) is 23.0 Å². The lowest BCUT2D eigenvalue weighted by molar-refractivity contribution is 0.0949. The molecule has 0 spiro atoms. The third-order valence-corrected chi connectivity index (χ3v) is 4.02. The van der Waals surface area contributed by atoms with Gasteiger partial charge in [0.2, 0.25) is 5.88 Å². The zero-order valence-electron chi connectivity index (χ0n) is 14.9. The van der Waals surface area contributed by atoms with Crippen LogP contribution in [0, 0.1) is 0 Å². The van der Waals surface area contributed by atoms with Crippen molar-refractivity contribution in [3.05, 3.63) is 96.7 Å². The molecule has 0 bridgehead atoms. The van der Waals surface area contributed by atoms with E-state index in [1.54, 1.807) is 18.5 Å². The number of ether oxygens (including phenoxy) is 1. The van der Waals surface area contributed by atoms with Gasteiger partial charge < -0.3 is 10.1 Å². The van der Waals surface area contributed by atoms with Gasteiger partial charge in [0.25, 0.3) is 5.91 Å². The number of amides is 1. The Morgan fingerprint density at radius 1 is 0.964 bits per heavy atom. The van der Waals surface area contributed by atoms with Crippen LogP contribution < -0.4 is 10.1 Å². The minimum Gasteiger partial charge on any atom is -0.439 e. The highest BCUT2D eigenvalue weighted by Crippen LogP contribution is 2.18. The van der Waals surface area contributed by atoms with E-state index in [4.69, 9.17) is 4.74 Å². The molecule has 0 unspecified atom stereocenters. The molecule has 0 aliphatic carbocycles. The summed E-state index contributed by atoms with van der Waals surface area (Å²) in [5.74, 6) is 1.50. The molecule has 4 rings (SSSR count). The van der Waals surface area contributed by atoms with Crippen LogP contribution in [0.15, 0.2) is 85.3 Å². The van der Waals surface area contributed by atoms with Crippen molar-refractivity contribution in [1.29, 1.82) is 0 Å². The van der Waals surface area contributed by atoms with Gasteiger partial charge in [-0.1, -0.05) is 36.4 Å². The molecular formula is C21H17N5O2. The first-order chi connectivity index (χ1) is 13.8. The first-order valence-corrected chi connectivity index (χ1v) is 8.71. The van der Waals surface area contributed by atoms with Crippen LogP contribution in [-0.4, -0.2) is 25.7 Å². The minimum atomic E-state index is -0.249. The first kappa shape index (κ1) is 17.4. The number of carbonyl (C=O) groups is 1. The Hall–Kier alpha value is -4.00. The summed E-state index contributed by atoms with van der Waals surface area (Å²) in [5, 5.41) is 10.9. The second-order valence-electron chi connectivity index (χ2n) is 5.94. The summed E-state index contributed by atoms with van der Waals surface area (Å²) in [6.07, 6.45) is 3.10. The lowest BCUT2D eigenvalue weighted by Gasteiger charge is -2.08. The second kappa shape index (κ2) is 8.13. The molecule has 0 aliphatic heterocycles. The fourth-order valence-electron chi connectivity index (χ4n) is 2.63. The molecule has 1 N–H and O–H groups in total. The molecular weight excluding hydrogens is 354 g/mol. The highest BCUT2D eigenvalue weighted by Gasteiger charge is 2.10. The van der Waals surface area contributed by atoms with Crippen LogP contribution in [0.3, 0.4) is 0 Å². The summed E-state index contributed by atoms with van der Waals surface area (Å²) in [5.41, 5.74) is 1.37. The Balaban J connectivity index is 1.39. The fourth-order valence-corrected chi connectivity index (χ4v) is 2.63. The second-order valence-corrected chi connectivity index (χ2v) is 5.94. The van der Waals surface area contributed by atoms with Crippen molar-refractivity contribution in [2.24, 2.45) is 0 Å². The van der Waals surface area contributed by atoms with E-state index in [1.807, 2.05) is 65.2 Å². The highest BCUT2D eigenvalue weighted by molar-refractivity contribution is 5.93. The molecule has 28 heavy (non-hydrogen) atoms. The molecule has 2 aromatic carbocycles. The van der Waals surface area contributed by atoms with Crippen molar-refractivity contribution in [3.63, 3.8) is 0 Å². The quantitative estimate of drug-likeness (QED) is 0.562. The predicted octanol–water partition coefficient (Wildman–Crippen LogP) is 3.38. The largest absolute Gasteiger partial charge is 0.439 e. The Labute approximate surface area is 161 Å². The number of carbonyl (C=O) groups excluding carboxylic acids is 1. The van der Waals surface area contributed by atoms with Gasteiger partial charge in [-0.25, -0.2) is 4.98 Å². The van der Waals surface area contributed by atoms with E-state index in [0.717, 1.165) is 5.69 Å².